The van der Waals surface area contributed by atoms with Gasteiger partial charge in [0.1, 0.15) is 0 Å². The van der Waals surface area contributed by atoms with Gasteiger partial charge in [-0.15, -0.1) is 0 Å². The van der Waals surface area contributed by atoms with Crippen LogP contribution in [-0.2, 0) is 6.54 Å². The summed E-state index contributed by atoms with van der Waals surface area (Å²) in [4.78, 5) is 24.6. The number of urea groups is 1. The highest BCUT2D eigenvalue weighted by molar-refractivity contribution is 9.10. The van der Waals surface area contributed by atoms with Crippen molar-refractivity contribution in [1.82, 2.24) is 4.90 Å². The van der Waals surface area contributed by atoms with Crippen molar-refractivity contribution in [3.05, 3.63) is 50.6 Å². The number of carboxylic acid groups (broad SMARTS) is 1. The second-order valence-corrected chi connectivity index (χ2v) is 6.15. The minimum atomic E-state index is -1.04. The van der Waals surface area contributed by atoms with Crippen LogP contribution in [0.2, 0.25) is 0 Å². The van der Waals surface area contributed by atoms with Crippen molar-refractivity contribution >= 4 is 45.0 Å². The molecule has 2 amide bonds. The maximum Gasteiger partial charge on any atom is 0.335 e. The van der Waals surface area contributed by atoms with E-state index in [4.69, 9.17) is 5.11 Å². The number of carbonyl (C=O) groups is 2. The van der Waals surface area contributed by atoms with Gasteiger partial charge in [0.05, 0.1) is 5.56 Å². The maximum absolute atomic E-state index is 12.1. The third kappa shape index (κ3) is 4.30. The molecule has 1 aromatic carbocycles. The highest BCUT2D eigenvalue weighted by Gasteiger charge is 2.12. The zero-order valence-electron chi connectivity index (χ0n) is 11.2. The van der Waals surface area contributed by atoms with E-state index >= 15 is 0 Å². The number of nitrogens with one attached hydrogen (secondary N) is 1. The van der Waals surface area contributed by atoms with E-state index in [-0.39, 0.29) is 11.6 Å². The number of thiophene rings is 1. The largest absolute Gasteiger partial charge is 0.478 e. The number of benzene rings is 1. The predicted octanol–water partition coefficient (Wildman–Crippen LogP) is 3.87. The van der Waals surface area contributed by atoms with Crippen molar-refractivity contribution in [3.63, 3.8) is 0 Å². The fraction of sp³-hybridized carbons (Fsp3) is 0.143. The van der Waals surface area contributed by atoms with Crippen molar-refractivity contribution in [1.29, 1.82) is 0 Å². The van der Waals surface area contributed by atoms with Gasteiger partial charge in [-0.25, -0.2) is 9.59 Å². The van der Waals surface area contributed by atoms with Crippen molar-refractivity contribution in [2.45, 2.75) is 6.54 Å². The Labute approximate surface area is 134 Å². The molecule has 0 saturated carbocycles. The predicted molar refractivity (Wildman–Crippen MR) is 85.9 cm³/mol. The summed E-state index contributed by atoms with van der Waals surface area (Å²) in [5.41, 5.74) is 1.60. The summed E-state index contributed by atoms with van der Waals surface area (Å²) >= 11 is 4.80. The summed E-state index contributed by atoms with van der Waals surface area (Å²) in [6, 6.07) is 6.21. The minimum absolute atomic E-state index is 0.111. The number of hydrogen-bond acceptors (Lipinski definition) is 3. The number of rotatable bonds is 4. The molecule has 1 heterocycles. The van der Waals surface area contributed by atoms with Crippen LogP contribution >= 0.6 is 27.3 Å². The molecule has 0 bridgehead atoms. The SMILES string of the molecule is CN(Cc1ccsc1)C(=O)Nc1cc(Br)cc(C(=O)O)c1. The normalized spacial score (nSPS) is 10.2. The third-order valence-corrected chi connectivity index (χ3v) is 3.93. The van der Waals surface area contributed by atoms with Gasteiger partial charge in [-0.05, 0) is 40.6 Å². The molecule has 0 atom stereocenters. The van der Waals surface area contributed by atoms with Gasteiger partial charge in [-0.3, -0.25) is 0 Å². The first-order valence-corrected chi connectivity index (χ1v) is 7.76. The molecule has 7 heteroatoms. The topological polar surface area (TPSA) is 69.6 Å². The molecule has 0 unspecified atom stereocenters. The summed E-state index contributed by atoms with van der Waals surface area (Å²) in [5.74, 6) is -1.04. The molecule has 2 N–H and O–H groups in total. The molecule has 1 aromatic heterocycles. The Morgan fingerprint density at radius 3 is 2.76 bits per heavy atom. The van der Waals surface area contributed by atoms with Gasteiger partial charge in [-0.2, -0.15) is 11.3 Å². The van der Waals surface area contributed by atoms with Gasteiger partial charge in [0.25, 0.3) is 0 Å². The number of nitrogens with zero attached hydrogens (tertiary/aromatic N) is 1. The second-order valence-electron chi connectivity index (χ2n) is 4.45. The maximum atomic E-state index is 12.1. The van der Waals surface area contributed by atoms with Crippen LogP contribution in [0.4, 0.5) is 10.5 Å². The number of carboxylic acids is 1. The first-order valence-electron chi connectivity index (χ1n) is 6.03. The van der Waals surface area contributed by atoms with Gasteiger partial charge in [0.15, 0.2) is 0 Å². The average Bonchev–Trinajstić information content (AvgIpc) is 2.90. The summed E-state index contributed by atoms with van der Waals surface area (Å²) in [5, 5.41) is 15.6. The van der Waals surface area contributed by atoms with Crippen LogP contribution in [0, 0.1) is 0 Å². The molecule has 0 radical (unpaired) electrons. The molecule has 0 spiro atoms. The lowest BCUT2D eigenvalue weighted by molar-refractivity contribution is 0.0697. The fourth-order valence-corrected chi connectivity index (χ4v) is 2.89. The highest BCUT2D eigenvalue weighted by Crippen LogP contribution is 2.20. The molecule has 2 aromatic rings. The molecular weight excluding hydrogens is 356 g/mol. The zero-order valence-corrected chi connectivity index (χ0v) is 13.6. The van der Waals surface area contributed by atoms with Crippen LogP contribution in [0.15, 0.2) is 39.5 Å². The van der Waals surface area contributed by atoms with E-state index in [0.717, 1.165) is 5.56 Å². The number of aromatic carboxylic acids is 1. The fourth-order valence-electron chi connectivity index (χ4n) is 1.73. The molecule has 110 valence electrons. The van der Waals surface area contributed by atoms with Gasteiger partial charge >= 0.3 is 12.0 Å². The number of anilines is 1. The Morgan fingerprint density at radius 1 is 1.38 bits per heavy atom. The van der Waals surface area contributed by atoms with E-state index in [1.807, 2.05) is 16.8 Å². The third-order valence-electron chi connectivity index (χ3n) is 2.74. The minimum Gasteiger partial charge on any atom is -0.478 e. The lowest BCUT2D eigenvalue weighted by atomic mass is 10.2. The Morgan fingerprint density at radius 2 is 2.14 bits per heavy atom. The van der Waals surface area contributed by atoms with Gasteiger partial charge in [0, 0.05) is 23.8 Å². The molecule has 2 rings (SSSR count). The summed E-state index contributed by atoms with van der Waals surface area (Å²) in [6.45, 7) is 0.495. The van der Waals surface area contributed by atoms with Crippen LogP contribution in [0.1, 0.15) is 15.9 Å². The highest BCUT2D eigenvalue weighted by atomic mass is 79.9. The van der Waals surface area contributed by atoms with Crippen molar-refractivity contribution in [2.24, 2.45) is 0 Å². The molecular formula is C14H13BrN2O3S. The molecule has 0 saturated heterocycles. The Bertz CT molecular complexity index is 658. The van der Waals surface area contributed by atoms with Crippen molar-refractivity contribution in [2.75, 3.05) is 12.4 Å². The Balaban J connectivity index is 2.06. The standard InChI is InChI=1S/C14H13BrN2O3S/c1-17(7-9-2-3-21-8-9)14(20)16-12-5-10(13(18)19)4-11(15)6-12/h2-6,8H,7H2,1H3,(H,16,20)(H,18,19). The first-order chi connectivity index (χ1) is 9.95. The smallest absolute Gasteiger partial charge is 0.335 e. The van der Waals surface area contributed by atoms with Crippen LogP contribution in [0.3, 0.4) is 0 Å². The van der Waals surface area contributed by atoms with Crippen LogP contribution in [0.5, 0.6) is 0 Å². The number of carbonyl (C=O) groups excluding carboxylic acids is 1. The van der Waals surface area contributed by atoms with Gasteiger partial charge < -0.3 is 15.3 Å². The van der Waals surface area contributed by atoms with E-state index < -0.39 is 5.97 Å². The van der Waals surface area contributed by atoms with Crippen molar-refractivity contribution < 1.29 is 14.7 Å². The summed E-state index contributed by atoms with van der Waals surface area (Å²) in [7, 11) is 1.68. The lowest BCUT2D eigenvalue weighted by Crippen LogP contribution is -2.30. The summed E-state index contributed by atoms with van der Waals surface area (Å²) in [6.07, 6.45) is 0. The van der Waals surface area contributed by atoms with E-state index in [1.54, 1.807) is 24.5 Å². The average molecular weight is 369 g/mol. The van der Waals surface area contributed by atoms with Gasteiger partial charge in [-0.1, -0.05) is 15.9 Å². The lowest BCUT2D eigenvalue weighted by Gasteiger charge is -2.17. The molecule has 0 fully saturated rings. The molecule has 5 nitrogen and oxygen atoms in total. The zero-order chi connectivity index (χ0) is 15.4. The first kappa shape index (κ1) is 15.5. The quantitative estimate of drug-likeness (QED) is 0.860. The number of hydrogen-bond donors (Lipinski definition) is 2. The van der Waals surface area contributed by atoms with E-state index in [9.17, 15) is 9.59 Å². The van der Waals surface area contributed by atoms with Crippen LogP contribution < -0.4 is 5.32 Å². The second kappa shape index (κ2) is 6.73. The molecule has 21 heavy (non-hydrogen) atoms. The molecule has 0 aliphatic rings. The monoisotopic (exact) mass is 368 g/mol. The Hall–Kier alpha value is -1.86. The summed E-state index contributed by atoms with van der Waals surface area (Å²) < 4.78 is 0.596. The van der Waals surface area contributed by atoms with Crippen LogP contribution in [-0.4, -0.2) is 29.1 Å². The Kier molecular flexibility index (Phi) is 4.98. The van der Waals surface area contributed by atoms with E-state index in [2.05, 4.69) is 21.2 Å². The van der Waals surface area contributed by atoms with Gasteiger partial charge in [0.2, 0.25) is 0 Å². The number of amides is 2. The van der Waals surface area contributed by atoms with E-state index in [1.165, 1.54) is 17.0 Å². The number of halogens is 1. The van der Waals surface area contributed by atoms with Crippen LogP contribution in [0.25, 0.3) is 0 Å². The van der Waals surface area contributed by atoms with E-state index in [0.29, 0.717) is 16.7 Å². The molecule has 0 aliphatic heterocycles. The van der Waals surface area contributed by atoms with Crippen molar-refractivity contribution in [3.8, 4) is 0 Å². The molecule has 0 aliphatic carbocycles.